The maximum atomic E-state index is 4.83. The Kier molecular flexibility index (Phi) is 8.38. The Bertz CT molecular complexity index is 3340. The lowest BCUT2D eigenvalue weighted by molar-refractivity contribution is 1.18. The van der Waals surface area contributed by atoms with Crippen molar-refractivity contribution in [1.29, 1.82) is 0 Å². The van der Waals surface area contributed by atoms with E-state index in [9.17, 15) is 0 Å². The Morgan fingerprint density at radius 2 is 0.629 bits per heavy atom. The third kappa shape index (κ3) is 6.04. The Balaban J connectivity index is 1.01. The molecule has 6 aromatic carbocycles. The molecule has 62 heavy (non-hydrogen) atoms. The minimum atomic E-state index is 0.904. The van der Waals surface area contributed by atoms with Gasteiger partial charge in [0.1, 0.15) is 0 Å². The third-order valence-electron chi connectivity index (χ3n) is 12.0. The minimum absolute atomic E-state index is 0.904. The Hall–Kier alpha value is -8.48. The predicted molar refractivity (Wildman–Crippen MR) is 253 cm³/mol. The van der Waals surface area contributed by atoms with Crippen LogP contribution in [0.25, 0.3) is 111 Å². The van der Waals surface area contributed by atoms with Gasteiger partial charge in [0.2, 0.25) is 0 Å². The van der Waals surface area contributed by atoms with Gasteiger partial charge in [0.15, 0.2) is 0 Å². The summed E-state index contributed by atoms with van der Waals surface area (Å²) in [6, 6.07) is 65.0. The molecule has 0 bridgehead atoms. The van der Waals surface area contributed by atoms with Crippen molar-refractivity contribution in [1.82, 2.24) is 29.1 Å². The first-order chi connectivity index (χ1) is 30.7. The van der Waals surface area contributed by atoms with E-state index in [0.29, 0.717) is 0 Å². The highest BCUT2D eigenvalue weighted by Crippen LogP contribution is 2.40. The van der Waals surface area contributed by atoms with E-state index >= 15 is 0 Å². The van der Waals surface area contributed by atoms with Crippen LogP contribution in [0.5, 0.6) is 0 Å². The lowest BCUT2D eigenvalue weighted by atomic mass is 9.98. The van der Waals surface area contributed by atoms with E-state index in [1.165, 1.54) is 21.5 Å². The van der Waals surface area contributed by atoms with Crippen LogP contribution in [-0.4, -0.2) is 29.1 Å². The van der Waals surface area contributed by atoms with Crippen LogP contribution in [0.15, 0.2) is 219 Å². The second-order valence-electron chi connectivity index (χ2n) is 15.6. The van der Waals surface area contributed by atoms with E-state index in [1.54, 1.807) is 12.4 Å². The number of rotatable bonds is 7. The van der Waals surface area contributed by atoms with E-state index < -0.39 is 0 Å². The molecule has 0 unspecified atom stereocenters. The molecule has 12 rings (SSSR count). The van der Waals surface area contributed by atoms with Crippen LogP contribution in [0.3, 0.4) is 0 Å². The van der Waals surface area contributed by atoms with Gasteiger partial charge in [-0.3, -0.25) is 19.9 Å². The largest absolute Gasteiger partial charge is 0.309 e. The molecule has 0 radical (unpaired) electrons. The van der Waals surface area contributed by atoms with Crippen LogP contribution >= 0.6 is 0 Å². The van der Waals surface area contributed by atoms with Gasteiger partial charge in [-0.25, -0.2) is 0 Å². The highest BCUT2D eigenvalue weighted by molar-refractivity contribution is 6.14. The van der Waals surface area contributed by atoms with Crippen molar-refractivity contribution in [2.24, 2.45) is 0 Å². The minimum Gasteiger partial charge on any atom is -0.309 e. The summed E-state index contributed by atoms with van der Waals surface area (Å²) in [4.78, 5) is 18.2. The normalized spacial score (nSPS) is 11.5. The van der Waals surface area contributed by atoms with E-state index in [1.807, 2.05) is 49.1 Å². The summed E-state index contributed by atoms with van der Waals surface area (Å²) in [6.45, 7) is 0. The van der Waals surface area contributed by atoms with Crippen LogP contribution in [0.1, 0.15) is 0 Å². The van der Waals surface area contributed by atoms with Crippen LogP contribution in [0, 0.1) is 0 Å². The smallest absolute Gasteiger partial charge is 0.0717 e. The number of benzene rings is 6. The van der Waals surface area contributed by atoms with Crippen molar-refractivity contribution in [2.75, 3.05) is 0 Å². The summed E-state index contributed by atoms with van der Waals surface area (Å²) in [7, 11) is 0. The van der Waals surface area contributed by atoms with Crippen molar-refractivity contribution in [3.05, 3.63) is 219 Å². The number of aromatic nitrogens is 6. The molecule has 0 aliphatic carbocycles. The molecule has 0 N–H and O–H groups in total. The SMILES string of the molecule is c1ccc(-n2c3ccc(-c4ccc(-c5cccnc5)nc4)cc3c3cc(-c4ccc5c(c4)c4cc(-c6ccc(-c7cccnc7)nc6)ccc4n5-c4ccccc4)ccc32)cc1. The molecule has 6 aromatic heterocycles. The number of para-hydroxylation sites is 2. The number of hydrogen-bond donors (Lipinski definition) is 0. The second kappa shape index (κ2) is 14.7. The molecule has 0 atom stereocenters. The Morgan fingerprint density at radius 1 is 0.274 bits per heavy atom. The Labute approximate surface area is 357 Å². The molecule has 0 saturated heterocycles. The molecule has 0 saturated carbocycles. The van der Waals surface area contributed by atoms with Crippen LogP contribution in [0.2, 0.25) is 0 Å². The summed E-state index contributed by atoms with van der Waals surface area (Å²) in [5.74, 6) is 0. The van der Waals surface area contributed by atoms with Crippen molar-refractivity contribution in [3.63, 3.8) is 0 Å². The molecular formula is C56H36N6. The lowest BCUT2D eigenvalue weighted by Crippen LogP contribution is -1.93. The fourth-order valence-electron chi connectivity index (χ4n) is 8.97. The van der Waals surface area contributed by atoms with Gasteiger partial charge in [0.05, 0.1) is 33.5 Å². The molecule has 0 fully saturated rings. The summed E-state index contributed by atoms with van der Waals surface area (Å²) < 4.78 is 4.75. The number of nitrogens with zero attached hydrogens (tertiary/aromatic N) is 6. The van der Waals surface area contributed by atoms with Crippen molar-refractivity contribution in [3.8, 4) is 67.3 Å². The second-order valence-corrected chi connectivity index (χ2v) is 15.6. The van der Waals surface area contributed by atoms with Gasteiger partial charge >= 0.3 is 0 Å². The van der Waals surface area contributed by atoms with Crippen LogP contribution in [-0.2, 0) is 0 Å². The van der Waals surface area contributed by atoms with E-state index in [2.05, 4.69) is 177 Å². The average Bonchev–Trinajstić information content (AvgIpc) is 3.86. The van der Waals surface area contributed by atoms with Crippen molar-refractivity contribution >= 4 is 43.6 Å². The fourth-order valence-corrected chi connectivity index (χ4v) is 8.97. The molecule has 0 aliphatic rings. The van der Waals surface area contributed by atoms with E-state index in [4.69, 9.17) is 9.97 Å². The number of fused-ring (bicyclic) bond motifs is 6. The van der Waals surface area contributed by atoms with Crippen molar-refractivity contribution in [2.45, 2.75) is 0 Å². The zero-order chi connectivity index (χ0) is 41.0. The van der Waals surface area contributed by atoms with Gasteiger partial charge in [-0.1, -0.05) is 72.8 Å². The molecule has 290 valence electrons. The van der Waals surface area contributed by atoms with Gasteiger partial charge in [-0.15, -0.1) is 0 Å². The highest BCUT2D eigenvalue weighted by Gasteiger charge is 2.18. The summed E-state index contributed by atoms with van der Waals surface area (Å²) in [6.07, 6.45) is 11.2. The predicted octanol–water partition coefficient (Wildman–Crippen LogP) is 13.8. The molecular weight excluding hydrogens is 757 g/mol. The maximum absolute atomic E-state index is 4.83. The summed E-state index contributed by atoms with van der Waals surface area (Å²) in [5.41, 5.74) is 17.4. The first-order valence-electron chi connectivity index (χ1n) is 20.7. The molecule has 0 amide bonds. The molecule has 12 aromatic rings. The lowest BCUT2D eigenvalue weighted by Gasteiger charge is -2.09. The van der Waals surface area contributed by atoms with Gasteiger partial charge in [0.25, 0.3) is 0 Å². The summed E-state index contributed by atoms with van der Waals surface area (Å²) >= 11 is 0. The zero-order valence-corrected chi connectivity index (χ0v) is 33.5. The van der Waals surface area contributed by atoms with Gasteiger partial charge in [0, 0.05) is 92.4 Å². The standard InChI is InChI=1S/C56H36N6/c1-3-11-45(12-4-1)61-53-23-17-37(29-47(53)49-31-39(19-25-55(49)61)41-15-21-51(59-35-41)43-9-7-27-57-33-43)38-18-24-54-48(30-38)50-32-40(20-26-56(50)62(54)46-13-5-2-6-14-46)42-16-22-52(60-36-42)44-10-8-28-58-34-44/h1-36H. The van der Waals surface area contributed by atoms with Gasteiger partial charge < -0.3 is 9.13 Å². The van der Waals surface area contributed by atoms with Crippen LogP contribution in [0.4, 0.5) is 0 Å². The zero-order valence-electron chi connectivity index (χ0n) is 33.5. The quantitative estimate of drug-likeness (QED) is 0.161. The third-order valence-corrected chi connectivity index (χ3v) is 12.0. The highest BCUT2D eigenvalue weighted by atomic mass is 15.0. The maximum Gasteiger partial charge on any atom is 0.0717 e. The Morgan fingerprint density at radius 3 is 0.952 bits per heavy atom. The average molecular weight is 793 g/mol. The number of hydrogen-bond acceptors (Lipinski definition) is 4. The first-order valence-corrected chi connectivity index (χ1v) is 20.7. The van der Waals surface area contributed by atoms with Gasteiger partial charge in [-0.05, 0) is 131 Å². The molecule has 6 heteroatoms. The van der Waals surface area contributed by atoms with Gasteiger partial charge in [-0.2, -0.15) is 0 Å². The molecule has 0 spiro atoms. The van der Waals surface area contributed by atoms with E-state index in [-0.39, 0.29) is 0 Å². The summed E-state index contributed by atoms with van der Waals surface area (Å²) in [5, 5.41) is 4.77. The monoisotopic (exact) mass is 792 g/mol. The molecule has 0 aliphatic heterocycles. The van der Waals surface area contributed by atoms with Crippen molar-refractivity contribution < 1.29 is 0 Å². The first kappa shape index (κ1) is 35.5. The fraction of sp³-hybridized carbons (Fsp3) is 0. The number of pyridine rings is 4. The topological polar surface area (TPSA) is 61.4 Å². The van der Waals surface area contributed by atoms with E-state index in [0.717, 1.165) is 89.3 Å². The molecule has 6 heterocycles. The molecule has 6 nitrogen and oxygen atoms in total. The van der Waals surface area contributed by atoms with Crippen LogP contribution < -0.4 is 0 Å².